The molecule has 0 aromatic carbocycles. The zero-order valence-electron chi connectivity index (χ0n) is 15.3. The third-order valence-corrected chi connectivity index (χ3v) is 5.50. The Labute approximate surface area is 157 Å². The summed E-state index contributed by atoms with van der Waals surface area (Å²) in [4.78, 5) is 6.73. The minimum atomic E-state index is -0.121. The summed E-state index contributed by atoms with van der Waals surface area (Å²) in [5, 5.41) is 12.4. The van der Waals surface area contributed by atoms with E-state index in [1.807, 2.05) is 37.3 Å². The quantitative estimate of drug-likeness (QED) is 0.679. The maximum atomic E-state index is 6.14. The molecule has 140 valence electrons. The van der Waals surface area contributed by atoms with E-state index >= 15 is 0 Å². The Bertz CT molecular complexity index is 952. The highest BCUT2D eigenvalue weighted by atomic mass is 16.5. The maximum absolute atomic E-state index is 6.14. The first-order valence-corrected chi connectivity index (χ1v) is 9.28. The largest absolute Gasteiger partial charge is 0.375 e. The van der Waals surface area contributed by atoms with E-state index in [0.717, 1.165) is 49.0 Å². The van der Waals surface area contributed by atoms with Crippen LogP contribution in [0.5, 0.6) is 0 Å². The summed E-state index contributed by atoms with van der Waals surface area (Å²) in [7, 11) is 0. The molecule has 2 saturated heterocycles. The lowest BCUT2D eigenvalue weighted by molar-refractivity contribution is -0.0657. The van der Waals surface area contributed by atoms with Crippen molar-refractivity contribution < 1.29 is 9.47 Å². The van der Waals surface area contributed by atoms with Gasteiger partial charge in [0.2, 0.25) is 0 Å². The van der Waals surface area contributed by atoms with Crippen LogP contribution in [-0.2, 0) is 16.1 Å². The number of anilines is 1. The SMILES string of the molecule is Cc1cccc(COCC2CCOC23CN(c2ccc4nncn4n2)C3)n1. The summed E-state index contributed by atoms with van der Waals surface area (Å²) in [6, 6.07) is 9.94. The molecule has 2 fully saturated rings. The van der Waals surface area contributed by atoms with E-state index < -0.39 is 0 Å². The second-order valence-corrected chi connectivity index (χ2v) is 7.37. The Morgan fingerprint density at radius 3 is 3.07 bits per heavy atom. The van der Waals surface area contributed by atoms with Gasteiger partial charge in [-0.3, -0.25) is 4.98 Å². The lowest BCUT2D eigenvalue weighted by Gasteiger charge is -2.50. The Kier molecular flexibility index (Phi) is 4.02. The van der Waals surface area contributed by atoms with Crippen LogP contribution in [-0.4, -0.2) is 56.7 Å². The van der Waals surface area contributed by atoms with E-state index in [1.165, 1.54) is 0 Å². The van der Waals surface area contributed by atoms with E-state index in [-0.39, 0.29) is 5.60 Å². The highest BCUT2D eigenvalue weighted by molar-refractivity contribution is 5.48. The minimum absolute atomic E-state index is 0.121. The zero-order valence-corrected chi connectivity index (χ0v) is 15.3. The summed E-state index contributed by atoms with van der Waals surface area (Å²) in [5.41, 5.74) is 2.62. The summed E-state index contributed by atoms with van der Waals surface area (Å²) in [5.74, 6) is 1.32. The molecule has 8 heteroatoms. The standard InChI is InChI=1S/C19H22N6O2/c1-14-3-2-4-16(21-14)10-26-9-15-7-8-27-19(15)11-24(12-19)18-6-5-17-22-20-13-25(17)23-18/h2-6,13,15H,7-12H2,1H3. The number of fused-ring (bicyclic) bond motifs is 1. The van der Waals surface area contributed by atoms with Crippen LogP contribution in [0.2, 0.25) is 0 Å². The van der Waals surface area contributed by atoms with E-state index in [9.17, 15) is 0 Å². The summed E-state index contributed by atoms with van der Waals surface area (Å²) in [6.07, 6.45) is 2.66. The van der Waals surface area contributed by atoms with Crippen LogP contribution in [0.3, 0.4) is 0 Å². The molecule has 2 aliphatic heterocycles. The second-order valence-electron chi connectivity index (χ2n) is 7.37. The summed E-state index contributed by atoms with van der Waals surface area (Å²) < 4.78 is 13.8. The van der Waals surface area contributed by atoms with Crippen LogP contribution >= 0.6 is 0 Å². The highest BCUT2D eigenvalue weighted by Gasteiger charge is 2.53. The number of hydrogen-bond acceptors (Lipinski definition) is 7. The molecular weight excluding hydrogens is 344 g/mol. The van der Waals surface area contributed by atoms with Crippen LogP contribution in [0.4, 0.5) is 5.82 Å². The number of rotatable bonds is 5. The van der Waals surface area contributed by atoms with E-state index in [1.54, 1.807) is 10.8 Å². The lowest BCUT2D eigenvalue weighted by atomic mass is 9.81. The van der Waals surface area contributed by atoms with Gasteiger partial charge in [-0.25, -0.2) is 0 Å². The molecule has 0 bridgehead atoms. The fourth-order valence-corrected chi connectivity index (χ4v) is 4.00. The molecule has 0 amide bonds. The van der Waals surface area contributed by atoms with Gasteiger partial charge >= 0.3 is 0 Å². The molecule has 8 nitrogen and oxygen atoms in total. The molecule has 3 aromatic heterocycles. The first-order valence-electron chi connectivity index (χ1n) is 9.28. The van der Waals surface area contributed by atoms with Crippen molar-refractivity contribution in [1.82, 2.24) is 24.8 Å². The first-order chi connectivity index (χ1) is 13.2. The van der Waals surface area contributed by atoms with Crippen molar-refractivity contribution in [1.29, 1.82) is 0 Å². The van der Waals surface area contributed by atoms with Gasteiger partial charge in [0.1, 0.15) is 17.7 Å². The van der Waals surface area contributed by atoms with Crippen LogP contribution in [0.1, 0.15) is 17.8 Å². The molecule has 0 aliphatic carbocycles. The molecule has 27 heavy (non-hydrogen) atoms. The van der Waals surface area contributed by atoms with Crippen LogP contribution < -0.4 is 4.90 Å². The number of aromatic nitrogens is 5. The van der Waals surface area contributed by atoms with Gasteiger partial charge in [0.05, 0.1) is 32.0 Å². The first kappa shape index (κ1) is 16.6. The molecule has 3 aromatic rings. The van der Waals surface area contributed by atoms with Gasteiger partial charge in [-0.1, -0.05) is 6.07 Å². The Hall–Kier alpha value is -2.58. The lowest BCUT2D eigenvalue weighted by Crippen LogP contribution is -2.65. The smallest absolute Gasteiger partial charge is 0.177 e. The van der Waals surface area contributed by atoms with Gasteiger partial charge in [0.15, 0.2) is 5.65 Å². The number of hydrogen-bond donors (Lipinski definition) is 0. The molecule has 2 aliphatic rings. The Morgan fingerprint density at radius 1 is 1.26 bits per heavy atom. The molecular formula is C19H22N6O2. The van der Waals surface area contributed by atoms with Crippen molar-refractivity contribution in [2.24, 2.45) is 5.92 Å². The van der Waals surface area contributed by atoms with E-state index in [2.05, 4.69) is 25.2 Å². The van der Waals surface area contributed by atoms with Crippen molar-refractivity contribution in [3.8, 4) is 0 Å². The number of nitrogens with zero attached hydrogens (tertiary/aromatic N) is 6. The minimum Gasteiger partial charge on any atom is -0.375 e. The van der Waals surface area contributed by atoms with Gasteiger partial charge in [-0.05, 0) is 37.6 Å². The van der Waals surface area contributed by atoms with Gasteiger partial charge in [0, 0.05) is 18.2 Å². The zero-order chi connectivity index (χ0) is 18.3. The molecule has 5 heterocycles. The second kappa shape index (κ2) is 6.54. The molecule has 5 rings (SSSR count). The predicted molar refractivity (Wildman–Crippen MR) is 98.4 cm³/mol. The van der Waals surface area contributed by atoms with E-state index in [0.29, 0.717) is 19.1 Å². The summed E-state index contributed by atoms with van der Waals surface area (Å²) in [6.45, 7) is 5.71. The van der Waals surface area contributed by atoms with Gasteiger partial charge in [-0.2, -0.15) is 4.52 Å². The van der Waals surface area contributed by atoms with Crippen LogP contribution in [0.15, 0.2) is 36.7 Å². The molecule has 0 radical (unpaired) electrons. The molecule has 0 N–H and O–H groups in total. The van der Waals surface area contributed by atoms with Crippen molar-refractivity contribution in [3.63, 3.8) is 0 Å². The number of pyridine rings is 1. The summed E-state index contributed by atoms with van der Waals surface area (Å²) >= 11 is 0. The van der Waals surface area contributed by atoms with Crippen molar-refractivity contribution in [3.05, 3.63) is 48.0 Å². The maximum Gasteiger partial charge on any atom is 0.177 e. The molecule has 1 spiro atoms. The van der Waals surface area contributed by atoms with Crippen molar-refractivity contribution in [2.45, 2.75) is 25.6 Å². The molecule has 0 saturated carbocycles. The topological polar surface area (TPSA) is 77.7 Å². The van der Waals surface area contributed by atoms with E-state index in [4.69, 9.17) is 9.47 Å². The fraction of sp³-hybridized carbons (Fsp3) is 0.474. The van der Waals surface area contributed by atoms with Crippen LogP contribution in [0.25, 0.3) is 5.65 Å². The number of ether oxygens (including phenoxy) is 2. The molecule has 1 atom stereocenters. The number of aryl methyl sites for hydroxylation is 1. The average molecular weight is 366 g/mol. The fourth-order valence-electron chi connectivity index (χ4n) is 4.00. The predicted octanol–water partition coefficient (Wildman–Crippen LogP) is 1.64. The third kappa shape index (κ3) is 3.04. The average Bonchev–Trinajstić information content (AvgIpc) is 3.26. The van der Waals surface area contributed by atoms with Crippen LogP contribution in [0, 0.1) is 12.8 Å². The normalized spacial score (nSPS) is 21.1. The van der Waals surface area contributed by atoms with Crippen molar-refractivity contribution in [2.75, 3.05) is 31.2 Å². The van der Waals surface area contributed by atoms with Gasteiger partial charge in [0.25, 0.3) is 0 Å². The third-order valence-electron chi connectivity index (χ3n) is 5.50. The monoisotopic (exact) mass is 366 g/mol. The van der Waals surface area contributed by atoms with Gasteiger partial charge in [-0.15, -0.1) is 15.3 Å². The van der Waals surface area contributed by atoms with Gasteiger partial charge < -0.3 is 14.4 Å². The molecule has 1 unspecified atom stereocenters. The van der Waals surface area contributed by atoms with Crippen molar-refractivity contribution >= 4 is 11.5 Å². The Morgan fingerprint density at radius 2 is 2.19 bits per heavy atom. The Balaban J connectivity index is 1.20. The highest BCUT2D eigenvalue weighted by Crippen LogP contribution is 2.41.